The van der Waals surface area contributed by atoms with Crippen molar-refractivity contribution in [1.29, 1.82) is 0 Å². The summed E-state index contributed by atoms with van der Waals surface area (Å²) < 4.78 is 0. The predicted octanol–water partition coefficient (Wildman–Crippen LogP) is 8.13. The molecule has 1 aliphatic rings. The number of nitrogens with one attached hydrogen (secondary N) is 1. The molecule has 4 rings (SSSR count). The first-order valence-electron chi connectivity index (χ1n) is 13.6. The molecule has 0 atom stereocenters. The molecule has 4 nitrogen and oxygen atoms in total. The van der Waals surface area contributed by atoms with Crippen molar-refractivity contribution < 1.29 is 4.79 Å². The smallest absolute Gasteiger partial charge is 0.321 e. The van der Waals surface area contributed by atoms with E-state index >= 15 is 0 Å². The third-order valence-electron chi connectivity index (χ3n) is 7.61. The summed E-state index contributed by atoms with van der Waals surface area (Å²) in [6.07, 6.45) is 6.87. The van der Waals surface area contributed by atoms with E-state index in [-0.39, 0.29) is 12.1 Å². The van der Waals surface area contributed by atoms with Gasteiger partial charge in [-0.1, -0.05) is 82.3 Å². The van der Waals surface area contributed by atoms with Crippen molar-refractivity contribution in [3.8, 4) is 0 Å². The number of aromatic nitrogens is 1. The number of rotatable bonds is 8. The van der Waals surface area contributed by atoms with Gasteiger partial charge in [-0.2, -0.15) is 0 Å². The molecule has 3 aromatic rings. The zero-order valence-corrected chi connectivity index (χ0v) is 22.3. The van der Waals surface area contributed by atoms with E-state index in [1.165, 1.54) is 16.7 Å². The van der Waals surface area contributed by atoms with Crippen LogP contribution in [0.2, 0.25) is 0 Å². The van der Waals surface area contributed by atoms with Crippen molar-refractivity contribution in [3.05, 3.63) is 95.3 Å². The normalized spacial score (nSPS) is 17.8. The summed E-state index contributed by atoms with van der Waals surface area (Å²) in [5.41, 5.74) is 5.85. The Morgan fingerprint density at radius 3 is 2.08 bits per heavy atom. The molecule has 0 bridgehead atoms. The molecule has 1 N–H and O–H groups in total. The van der Waals surface area contributed by atoms with E-state index in [1.54, 1.807) is 0 Å². The van der Waals surface area contributed by atoms with Crippen molar-refractivity contribution in [3.63, 3.8) is 0 Å². The van der Waals surface area contributed by atoms with Crippen molar-refractivity contribution in [2.24, 2.45) is 0 Å². The average molecular weight is 484 g/mol. The molecule has 1 aliphatic carbocycles. The van der Waals surface area contributed by atoms with Crippen molar-refractivity contribution in [2.75, 3.05) is 11.9 Å². The third kappa shape index (κ3) is 6.34. The van der Waals surface area contributed by atoms with Gasteiger partial charge >= 0.3 is 6.03 Å². The molecule has 2 amide bonds. The molecule has 1 aromatic heterocycles. The molecule has 2 aromatic carbocycles. The van der Waals surface area contributed by atoms with E-state index in [2.05, 4.69) is 91.4 Å². The quantitative estimate of drug-likeness (QED) is 0.351. The molecule has 4 heteroatoms. The predicted molar refractivity (Wildman–Crippen MR) is 150 cm³/mol. The molecule has 190 valence electrons. The number of carbonyl (C=O) groups is 1. The number of pyridine rings is 1. The minimum absolute atomic E-state index is 0.0177. The summed E-state index contributed by atoms with van der Waals surface area (Å²) in [5.74, 6) is 1.25. The van der Waals surface area contributed by atoms with E-state index in [0.29, 0.717) is 24.3 Å². The number of nitrogens with zero attached hydrogens (tertiary/aromatic N) is 2. The zero-order chi connectivity index (χ0) is 25.5. The summed E-state index contributed by atoms with van der Waals surface area (Å²) in [6, 6.07) is 23.5. The Labute approximate surface area is 217 Å². The number of para-hydroxylation sites is 1. The minimum Gasteiger partial charge on any atom is -0.321 e. The van der Waals surface area contributed by atoms with Crippen LogP contribution in [0.25, 0.3) is 0 Å². The van der Waals surface area contributed by atoms with Crippen LogP contribution in [0.15, 0.2) is 72.9 Å². The van der Waals surface area contributed by atoms with Gasteiger partial charge in [0.1, 0.15) is 0 Å². The van der Waals surface area contributed by atoms with Gasteiger partial charge in [0.25, 0.3) is 0 Å². The van der Waals surface area contributed by atoms with Crippen LogP contribution in [0.1, 0.15) is 93.5 Å². The van der Waals surface area contributed by atoms with Crippen molar-refractivity contribution >= 4 is 11.7 Å². The highest BCUT2D eigenvalue weighted by molar-refractivity contribution is 5.91. The van der Waals surface area contributed by atoms with Crippen molar-refractivity contribution in [2.45, 2.75) is 83.6 Å². The lowest BCUT2D eigenvalue weighted by Crippen LogP contribution is -2.45. The van der Waals surface area contributed by atoms with E-state index in [9.17, 15) is 4.79 Å². The maximum atomic E-state index is 13.9. The molecule has 0 aliphatic heterocycles. The number of hydrogen-bond donors (Lipinski definition) is 1. The Balaban J connectivity index is 1.55. The van der Waals surface area contributed by atoms with Crippen LogP contribution in [-0.4, -0.2) is 28.5 Å². The Morgan fingerprint density at radius 2 is 1.50 bits per heavy atom. The van der Waals surface area contributed by atoms with Crippen LogP contribution >= 0.6 is 0 Å². The highest BCUT2D eigenvalue weighted by Gasteiger charge is 2.30. The van der Waals surface area contributed by atoms with Gasteiger partial charge in [-0.3, -0.25) is 4.98 Å². The Morgan fingerprint density at radius 1 is 0.861 bits per heavy atom. The number of carbonyl (C=O) groups excluding carboxylic acids is 1. The number of amides is 2. The summed E-state index contributed by atoms with van der Waals surface area (Å²) in [7, 11) is 0. The van der Waals surface area contributed by atoms with Gasteiger partial charge in [0, 0.05) is 36.6 Å². The van der Waals surface area contributed by atoms with Gasteiger partial charge in [-0.25, -0.2) is 4.79 Å². The molecule has 36 heavy (non-hydrogen) atoms. The number of benzene rings is 2. The highest BCUT2D eigenvalue weighted by atomic mass is 16.2. The van der Waals surface area contributed by atoms with E-state index in [4.69, 9.17) is 0 Å². The van der Waals surface area contributed by atoms with Crippen LogP contribution in [0.4, 0.5) is 10.5 Å². The molecule has 0 unspecified atom stereocenters. The van der Waals surface area contributed by atoms with Crippen LogP contribution in [0, 0.1) is 0 Å². The third-order valence-corrected chi connectivity index (χ3v) is 7.61. The Hall–Kier alpha value is -3.14. The lowest BCUT2D eigenvalue weighted by Gasteiger charge is -2.37. The molecular weight excluding hydrogens is 442 g/mol. The maximum absolute atomic E-state index is 13.9. The summed E-state index contributed by atoms with van der Waals surface area (Å²) in [5, 5.41) is 3.38. The van der Waals surface area contributed by atoms with Crippen LogP contribution in [-0.2, 0) is 6.42 Å². The van der Waals surface area contributed by atoms with Gasteiger partial charge in [0.05, 0.1) is 0 Å². The van der Waals surface area contributed by atoms with E-state index in [0.717, 1.165) is 43.5 Å². The molecule has 0 radical (unpaired) electrons. The van der Waals surface area contributed by atoms with Gasteiger partial charge < -0.3 is 10.2 Å². The fourth-order valence-electron chi connectivity index (χ4n) is 5.55. The summed E-state index contributed by atoms with van der Waals surface area (Å²) >= 11 is 0. The first kappa shape index (κ1) is 25.9. The molecular formula is C32H41N3O. The molecule has 1 fully saturated rings. The monoisotopic (exact) mass is 483 g/mol. The maximum Gasteiger partial charge on any atom is 0.322 e. The number of urea groups is 1. The number of anilines is 1. The minimum atomic E-state index is 0.0177. The summed E-state index contributed by atoms with van der Waals surface area (Å²) in [6.45, 7) is 9.44. The average Bonchev–Trinajstić information content (AvgIpc) is 2.90. The van der Waals surface area contributed by atoms with E-state index in [1.807, 2.05) is 24.4 Å². The molecule has 1 heterocycles. The van der Waals surface area contributed by atoms with Crippen LogP contribution in [0.3, 0.4) is 0 Å². The SMILES string of the molecule is CC(C)c1cccc(C(C)C)c1NC(=O)N(CCc1ccccn1)C1CCC(c2ccccc2)CC1. The van der Waals surface area contributed by atoms with Crippen molar-refractivity contribution in [1.82, 2.24) is 9.88 Å². The fourth-order valence-corrected chi connectivity index (χ4v) is 5.55. The molecule has 1 saturated carbocycles. The van der Waals surface area contributed by atoms with Gasteiger partial charge in [-0.15, -0.1) is 0 Å². The lowest BCUT2D eigenvalue weighted by atomic mass is 9.81. The Bertz CT molecular complexity index is 1080. The summed E-state index contributed by atoms with van der Waals surface area (Å²) in [4.78, 5) is 20.5. The van der Waals surface area contributed by atoms with E-state index < -0.39 is 0 Å². The van der Waals surface area contributed by atoms with Crippen LogP contribution in [0.5, 0.6) is 0 Å². The number of hydrogen-bond acceptors (Lipinski definition) is 2. The second-order valence-electron chi connectivity index (χ2n) is 10.7. The molecule has 0 saturated heterocycles. The molecule has 0 spiro atoms. The largest absolute Gasteiger partial charge is 0.322 e. The lowest BCUT2D eigenvalue weighted by molar-refractivity contribution is 0.163. The Kier molecular flexibility index (Phi) is 8.79. The highest BCUT2D eigenvalue weighted by Crippen LogP contribution is 2.36. The fraction of sp³-hybridized carbons (Fsp3) is 0.438. The first-order valence-corrected chi connectivity index (χ1v) is 13.6. The van der Waals surface area contributed by atoms with Gasteiger partial charge in [0.2, 0.25) is 0 Å². The first-order chi connectivity index (χ1) is 17.4. The van der Waals surface area contributed by atoms with Gasteiger partial charge in [0.15, 0.2) is 0 Å². The standard InChI is InChI=1S/C32H41N3O/c1-23(2)29-14-10-15-30(24(3)4)31(29)34-32(36)35(22-20-27-13-8-9-21-33-27)28-18-16-26(17-19-28)25-11-6-5-7-12-25/h5-15,21,23-24,26,28H,16-20,22H2,1-4H3,(H,34,36). The van der Waals surface area contributed by atoms with Gasteiger partial charge in [-0.05, 0) is 72.3 Å². The second kappa shape index (κ2) is 12.2. The topological polar surface area (TPSA) is 45.2 Å². The second-order valence-corrected chi connectivity index (χ2v) is 10.7. The van der Waals surface area contributed by atoms with Crippen LogP contribution < -0.4 is 5.32 Å². The zero-order valence-electron chi connectivity index (χ0n) is 22.3.